The van der Waals surface area contributed by atoms with Gasteiger partial charge in [0.15, 0.2) is 5.76 Å². The second-order valence-corrected chi connectivity index (χ2v) is 11.3. The van der Waals surface area contributed by atoms with Crippen molar-refractivity contribution in [3.05, 3.63) is 57.8 Å². The van der Waals surface area contributed by atoms with Crippen molar-refractivity contribution in [2.75, 3.05) is 16.7 Å². The first kappa shape index (κ1) is 22.3. The second kappa shape index (κ2) is 8.55. The first-order valence-corrected chi connectivity index (χ1v) is 12.5. The molecular formula is C23H25N3O4S2. The van der Waals surface area contributed by atoms with Gasteiger partial charge in [-0.05, 0) is 81.2 Å². The molecule has 32 heavy (non-hydrogen) atoms. The molecule has 168 valence electrons. The summed E-state index contributed by atoms with van der Waals surface area (Å²) in [5, 5.41) is 6.82. The number of sulfonamides is 1. The van der Waals surface area contributed by atoms with Crippen LogP contribution >= 0.6 is 11.3 Å². The van der Waals surface area contributed by atoms with Crippen LogP contribution in [0.5, 0.6) is 0 Å². The van der Waals surface area contributed by atoms with Gasteiger partial charge in [-0.25, -0.2) is 8.42 Å². The number of rotatable bonds is 7. The minimum absolute atomic E-state index is 0.0233. The van der Waals surface area contributed by atoms with Crippen LogP contribution in [0.15, 0.2) is 39.1 Å². The zero-order chi connectivity index (χ0) is 23.0. The molecule has 1 aliphatic rings. The van der Waals surface area contributed by atoms with E-state index in [1.807, 2.05) is 26.0 Å². The Balaban J connectivity index is 1.53. The van der Waals surface area contributed by atoms with Gasteiger partial charge in [0.05, 0.1) is 5.69 Å². The number of carbonyl (C=O) groups excluding carboxylic acids is 1. The lowest BCUT2D eigenvalue weighted by Crippen LogP contribution is -2.25. The third kappa shape index (κ3) is 4.49. The molecule has 0 aliphatic heterocycles. The van der Waals surface area contributed by atoms with Gasteiger partial charge in [-0.15, -0.1) is 11.3 Å². The molecule has 1 fully saturated rings. The number of nitrogens with zero attached hydrogens (tertiary/aromatic N) is 2. The monoisotopic (exact) mass is 471 g/mol. The van der Waals surface area contributed by atoms with Gasteiger partial charge in [-0.2, -0.15) is 0 Å². The highest BCUT2D eigenvalue weighted by Crippen LogP contribution is 2.33. The molecule has 2 aromatic heterocycles. The average molecular weight is 472 g/mol. The van der Waals surface area contributed by atoms with E-state index in [2.05, 4.69) is 10.5 Å². The van der Waals surface area contributed by atoms with Gasteiger partial charge in [0.25, 0.3) is 10.0 Å². The molecule has 2 heterocycles. The van der Waals surface area contributed by atoms with E-state index in [0.29, 0.717) is 22.8 Å². The van der Waals surface area contributed by atoms with Crippen LogP contribution in [0, 0.1) is 26.7 Å². The van der Waals surface area contributed by atoms with Crippen molar-refractivity contribution >= 4 is 50.8 Å². The van der Waals surface area contributed by atoms with Gasteiger partial charge >= 0.3 is 0 Å². The number of benzene rings is 1. The van der Waals surface area contributed by atoms with E-state index in [4.69, 9.17) is 4.52 Å². The lowest BCUT2D eigenvalue weighted by Gasteiger charge is -2.19. The number of thiophene rings is 1. The van der Waals surface area contributed by atoms with Crippen LogP contribution in [0.2, 0.25) is 0 Å². The number of carbonyl (C=O) groups is 1. The molecule has 0 bridgehead atoms. The second-order valence-electron chi connectivity index (χ2n) is 8.00. The molecule has 0 radical (unpaired) electrons. The Labute approximate surface area is 191 Å². The van der Waals surface area contributed by atoms with Gasteiger partial charge in [0.2, 0.25) is 5.91 Å². The van der Waals surface area contributed by atoms with E-state index in [1.54, 1.807) is 44.3 Å². The Morgan fingerprint density at radius 1 is 1.16 bits per heavy atom. The summed E-state index contributed by atoms with van der Waals surface area (Å²) in [6.07, 6.45) is 5.26. The molecule has 1 aromatic carbocycles. The van der Waals surface area contributed by atoms with Gasteiger partial charge in [0, 0.05) is 17.8 Å². The average Bonchev–Trinajstić information content (AvgIpc) is 3.41. The summed E-state index contributed by atoms with van der Waals surface area (Å²) in [4.78, 5) is 12.9. The van der Waals surface area contributed by atoms with Gasteiger partial charge in [-0.3, -0.25) is 9.10 Å². The van der Waals surface area contributed by atoms with Crippen LogP contribution in [0.25, 0.3) is 12.2 Å². The minimum Gasteiger partial charge on any atom is -0.354 e. The number of nitrogens with one attached hydrogen (secondary N) is 1. The quantitative estimate of drug-likeness (QED) is 0.523. The number of amides is 1. The van der Waals surface area contributed by atoms with E-state index < -0.39 is 10.0 Å². The Kier molecular flexibility index (Phi) is 5.96. The summed E-state index contributed by atoms with van der Waals surface area (Å²) >= 11 is 1.17. The minimum atomic E-state index is -3.68. The maximum atomic E-state index is 13.1. The van der Waals surface area contributed by atoms with Crippen LogP contribution in [0.3, 0.4) is 0 Å². The molecule has 0 unspecified atom stereocenters. The molecule has 0 atom stereocenters. The van der Waals surface area contributed by atoms with Crippen molar-refractivity contribution in [1.82, 2.24) is 5.16 Å². The zero-order valence-electron chi connectivity index (χ0n) is 18.4. The van der Waals surface area contributed by atoms with Crippen molar-refractivity contribution in [3.63, 3.8) is 0 Å². The molecule has 1 amide bonds. The highest BCUT2D eigenvalue weighted by atomic mass is 32.2. The fourth-order valence-electron chi connectivity index (χ4n) is 3.14. The van der Waals surface area contributed by atoms with Crippen LogP contribution < -0.4 is 9.62 Å². The SMILES string of the molecule is Cc1ccc(N(C)S(=O)(=O)c2ccc(/C=C/c3onc(C)c3NC(=O)C3CC3)s2)cc1C. The Hall–Kier alpha value is -2.91. The molecule has 0 saturated heterocycles. The highest BCUT2D eigenvalue weighted by molar-refractivity contribution is 7.94. The van der Waals surface area contributed by atoms with Crippen LogP contribution in [-0.4, -0.2) is 26.5 Å². The molecule has 0 spiro atoms. The number of aryl methyl sites for hydroxylation is 3. The summed E-state index contributed by atoms with van der Waals surface area (Å²) in [6, 6.07) is 8.92. The van der Waals surface area contributed by atoms with Crippen molar-refractivity contribution in [1.29, 1.82) is 0 Å². The van der Waals surface area contributed by atoms with Crippen LogP contribution in [0.1, 0.15) is 40.3 Å². The molecule has 9 heteroatoms. The smallest absolute Gasteiger partial charge is 0.273 e. The predicted octanol–water partition coefficient (Wildman–Crippen LogP) is 5.01. The van der Waals surface area contributed by atoms with Crippen LogP contribution in [-0.2, 0) is 14.8 Å². The number of hydrogen-bond donors (Lipinski definition) is 1. The zero-order valence-corrected chi connectivity index (χ0v) is 20.0. The van der Waals surface area contributed by atoms with Gasteiger partial charge in [0.1, 0.15) is 15.6 Å². The van der Waals surface area contributed by atoms with Crippen molar-refractivity contribution in [2.45, 2.75) is 37.8 Å². The third-order valence-corrected chi connectivity index (χ3v) is 8.86. The topological polar surface area (TPSA) is 92.5 Å². The normalized spacial score (nSPS) is 14.1. The fourth-order valence-corrected chi connectivity index (χ4v) is 5.73. The lowest BCUT2D eigenvalue weighted by molar-refractivity contribution is -0.117. The molecule has 4 rings (SSSR count). The summed E-state index contributed by atoms with van der Waals surface area (Å²) in [7, 11) is -2.12. The van der Waals surface area contributed by atoms with E-state index in [0.717, 1.165) is 28.8 Å². The molecular weight excluding hydrogens is 446 g/mol. The van der Waals surface area contributed by atoms with E-state index in [-0.39, 0.29) is 16.0 Å². The van der Waals surface area contributed by atoms with E-state index in [1.165, 1.54) is 15.6 Å². The fraction of sp³-hybridized carbons (Fsp3) is 0.304. The maximum absolute atomic E-state index is 13.1. The highest BCUT2D eigenvalue weighted by Gasteiger charge is 2.31. The predicted molar refractivity (Wildman–Crippen MR) is 127 cm³/mol. The molecule has 1 saturated carbocycles. The largest absolute Gasteiger partial charge is 0.354 e. The van der Waals surface area contributed by atoms with Gasteiger partial charge < -0.3 is 9.84 Å². The first-order chi connectivity index (χ1) is 15.2. The summed E-state index contributed by atoms with van der Waals surface area (Å²) in [5.74, 6) is 0.479. The number of aromatic nitrogens is 1. The van der Waals surface area contributed by atoms with Crippen molar-refractivity contribution in [2.24, 2.45) is 5.92 Å². The summed E-state index contributed by atoms with van der Waals surface area (Å²) < 4.78 is 33.1. The Morgan fingerprint density at radius 3 is 2.59 bits per heavy atom. The summed E-state index contributed by atoms with van der Waals surface area (Å²) in [6.45, 7) is 5.71. The Morgan fingerprint density at radius 2 is 1.91 bits per heavy atom. The maximum Gasteiger partial charge on any atom is 0.273 e. The number of anilines is 2. The molecule has 3 aromatic rings. The van der Waals surface area contributed by atoms with Crippen LogP contribution in [0.4, 0.5) is 11.4 Å². The van der Waals surface area contributed by atoms with Gasteiger partial charge in [-0.1, -0.05) is 11.2 Å². The molecule has 1 aliphatic carbocycles. The molecule has 7 nitrogen and oxygen atoms in total. The molecule has 1 N–H and O–H groups in total. The lowest BCUT2D eigenvalue weighted by atomic mass is 10.1. The first-order valence-electron chi connectivity index (χ1n) is 10.3. The van der Waals surface area contributed by atoms with E-state index in [9.17, 15) is 13.2 Å². The third-order valence-electron chi connectivity index (χ3n) is 5.56. The Bertz CT molecular complexity index is 1300. The van der Waals surface area contributed by atoms with Crippen molar-refractivity contribution < 1.29 is 17.7 Å². The number of hydrogen-bond acceptors (Lipinski definition) is 6. The van der Waals surface area contributed by atoms with E-state index >= 15 is 0 Å². The van der Waals surface area contributed by atoms with Crippen molar-refractivity contribution in [3.8, 4) is 0 Å². The standard InChI is InChI=1S/C23H25N3O4S2/c1-14-5-8-18(13-15(14)2)26(4)32(28,29)21-12-10-19(31-21)9-11-20-22(16(3)25-30-20)24-23(27)17-6-7-17/h5,8-13,17H,6-7H2,1-4H3,(H,24,27)/b11-9+. The summed E-state index contributed by atoms with van der Waals surface area (Å²) in [5.41, 5.74) is 3.91.